The van der Waals surface area contributed by atoms with E-state index in [0.29, 0.717) is 11.6 Å². The summed E-state index contributed by atoms with van der Waals surface area (Å²) >= 11 is 5.87. The van der Waals surface area contributed by atoms with Crippen molar-refractivity contribution < 1.29 is 9.53 Å². The van der Waals surface area contributed by atoms with Crippen LogP contribution in [-0.4, -0.2) is 30.0 Å². The molecule has 1 amide bonds. The third-order valence-corrected chi connectivity index (χ3v) is 2.97. The van der Waals surface area contributed by atoms with Crippen LogP contribution in [0.1, 0.15) is 6.42 Å². The quantitative estimate of drug-likeness (QED) is 0.773. The molecule has 1 aliphatic rings. The predicted octanol–water partition coefficient (Wildman–Crippen LogP) is 2.51. The van der Waals surface area contributed by atoms with E-state index in [4.69, 9.17) is 16.3 Å². The second-order valence-corrected chi connectivity index (χ2v) is 4.41. The Kier molecular flexibility index (Phi) is 3.69. The molecule has 0 unspecified atom stereocenters. The monoisotopic (exact) mass is 251 g/mol. The summed E-state index contributed by atoms with van der Waals surface area (Å²) in [6.45, 7) is 4.80. The molecular formula is C13H14ClNO2. The molecule has 2 rings (SSSR count). The summed E-state index contributed by atoms with van der Waals surface area (Å²) in [5.41, 5.74) is 0. The number of likely N-dealkylation sites (tertiary alicyclic amines) is 1. The summed E-state index contributed by atoms with van der Waals surface area (Å²) in [7, 11) is 0. The van der Waals surface area contributed by atoms with Crippen molar-refractivity contribution in [1.29, 1.82) is 0 Å². The molecule has 1 heterocycles. The highest BCUT2D eigenvalue weighted by Crippen LogP contribution is 2.21. The van der Waals surface area contributed by atoms with Crippen LogP contribution in [0.2, 0.25) is 5.02 Å². The highest BCUT2D eigenvalue weighted by Gasteiger charge is 2.26. The molecule has 3 nitrogen and oxygen atoms in total. The van der Waals surface area contributed by atoms with Gasteiger partial charge in [-0.05, 0) is 24.3 Å². The standard InChI is InChI=1S/C13H14ClNO2/c1-2-13(16)15-7-6-12(9-15)17-11-5-3-4-10(14)8-11/h2-5,8,12H,1,6-7,9H2/t12-/m1/s1. The Morgan fingerprint density at radius 3 is 3.12 bits per heavy atom. The minimum Gasteiger partial charge on any atom is -0.488 e. The topological polar surface area (TPSA) is 29.5 Å². The number of benzene rings is 1. The SMILES string of the molecule is C=CC(=O)N1CC[C@@H](Oc2cccc(Cl)c2)C1. The Balaban J connectivity index is 1.94. The third kappa shape index (κ3) is 3.01. The van der Waals surface area contributed by atoms with Crippen molar-refractivity contribution in [3.05, 3.63) is 41.9 Å². The van der Waals surface area contributed by atoms with Crippen molar-refractivity contribution in [2.24, 2.45) is 0 Å². The van der Waals surface area contributed by atoms with Gasteiger partial charge in [-0.3, -0.25) is 4.79 Å². The largest absolute Gasteiger partial charge is 0.488 e. The number of ether oxygens (including phenoxy) is 1. The van der Waals surface area contributed by atoms with Crippen molar-refractivity contribution in [3.63, 3.8) is 0 Å². The van der Waals surface area contributed by atoms with Crippen molar-refractivity contribution in [2.45, 2.75) is 12.5 Å². The normalized spacial score (nSPS) is 19.1. The van der Waals surface area contributed by atoms with Gasteiger partial charge in [-0.2, -0.15) is 0 Å². The zero-order valence-corrected chi connectivity index (χ0v) is 10.2. The summed E-state index contributed by atoms with van der Waals surface area (Å²) in [5.74, 6) is 0.706. The second kappa shape index (κ2) is 5.23. The Labute approximate surface area is 106 Å². The van der Waals surface area contributed by atoms with Crippen LogP contribution in [0, 0.1) is 0 Å². The third-order valence-electron chi connectivity index (χ3n) is 2.73. The molecule has 0 N–H and O–H groups in total. The molecule has 4 heteroatoms. The van der Waals surface area contributed by atoms with Crippen LogP contribution in [0.4, 0.5) is 0 Å². The Morgan fingerprint density at radius 1 is 1.59 bits per heavy atom. The predicted molar refractivity (Wildman–Crippen MR) is 67.3 cm³/mol. The minimum absolute atomic E-state index is 0.0392. The molecule has 1 aliphatic heterocycles. The van der Waals surface area contributed by atoms with E-state index in [9.17, 15) is 4.79 Å². The molecular weight excluding hydrogens is 238 g/mol. The van der Waals surface area contributed by atoms with Crippen LogP contribution in [0.15, 0.2) is 36.9 Å². The minimum atomic E-state index is -0.0396. The molecule has 1 aromatic rings. The van der Waals surface area contributed by atoms with Crippen LogP contribution in [0.25, 0.3) is 0 Å². The van der Waals surface area contributed by atoms with Crippen LogP contribution < -0.4 is 4.74 Å². The number of hydrogen-bond donors (Lipinski definition) is 0. The molecule has 1 atom stereocenters. The lowest BCUT2D eigenvalue weighted by Crippen LogP contribution is -2.29. The van der Waals surface area contributed by atoms with Crippen molar-refractivity contribution in [3.8, 4) is 5.75 Å². The van der Waals surface area contributed by atoms with Gasteiger partial charge in [-0.15, -0.1) is 0 Å². The maximum absolute atomic E-state index is 11.4. The smallest absolute Gasteiger partial charge is 0.246 e. The average Bonchev–Trinajstić information content (AvgIpc) is 2.76. The highest BCUT2D eigenvalue weighted by atomic mass is 35.5. The molecule has 0 radical (unpaired) electrons. The van der Waals surface area contributed by atoms with Gasteiger partial charge >= 0.3 is 0 Å². The summed E-state index contributed by atoms with van der Waals surface area (Å²) in [4.78, 5) is 13.1. The van der Waals surface area contributed by atoms with E-state index in [0.717, 1.165) is 18.7 Å². The Bertz CT molecular complexity index is 433. The van der Waals surface area contributed by atoms with E-state index in [-0.39, 0.29) is 12.0 Å². The maximum atomic E-state index is 11.4. The van der Waals surface area contributed by atoms with Crippen molar-refractivity contribution >= 4 is 17.5 Å². The van der Waals surface area contributed by atoms with Gasteiger partial charge in [-0.1, -0.05) is 24.2 Å². The molecule has 90 valence electrons. The van der Waals surface area contributed by atoms with E-state index >= 15 is 0 Å². The highest BCUT2D eigenvalue weighted by molar-refractivity contribution is 6.30. The lowest BCUT2D eigenvalue weighted by Gasteiger charge is -2.15. The van der Waals surface area contributed by atoms with Crippen molar-refractivity contribution in [2.75, 3.05) is 13.1 Å². The van der Waals surface area contributed by atoms with E-state index in [1.807, 2.05) is 12.1 Å². The fraction of sp³-hybridized carbons (Fsp3) is 0.308. The number of hydrogen-bond acceptors (Lipinski definition) is 2. The van der Waals surface area contributed by atoms with Gasteiger partial charge in [0.15, 0.2) is 0 Å². The number of carbonyl (C=O) groups is 1. The first-order valence-corrected chi connectivity index (χ1v) is 5.90. The fourth-order valence-electron chi connectivity index (χ4n) is 1.89. The van der Waals surface area contributed by atoms with Crippen molar-refractivity contribution in [1.82, 2.24) is 4.90 Å². The van der Waals surface area contributed by atoms with Gasteiger partial charge < -0.3 is 9.64 Å². The summed E-state index contributed by atoms with van der Waals surface area (Å²) in [5, 5.41) is 0.652. The van der Waals surface area contributed by atoms with E-state index < -0.39 is 0 Å². The molecule has 0 aliphatic carbocycles. The molecule has 1 fully saturated rings. The van der Waals surface area contributed by atoms with Crippen LogP contribution in [0.3, 0.4) is 0 Å². The summed E-state index contributed by atoms with van der Waals surface area (Å²) < 4.78 is 5.77. The first-order valence-electron chi connectivity index (χ1n) is 5.52. The molecule has 1 aromatic carbocycles. The van der Waals surface area contributed by atoms with Crippen LogP contribution in [-0.2, 0) is 4.79 Å². The van der Waals surface area contributed by atoms with Gasteiger partial charge in [0, 0.05) is 18.0 Å². The van der Waals surface area contributed by atoms with E-state index in [1.54, 1.807) is 17.0 Å². The number of rotatable bonds is 3. The first-order chi connectivity index (χ1) is 8.19. The number of carbonyl (C=O) groups excluding carboxylic acids is 1. The maximum Gasteiger partial charge on any atom is 0.246 e. The molecule has 0 aromatic heterocycles. The second-order valence-electron chi connectivity index (χ2n) is 3.97. The average molecular weight is 252 g/mol. The van der Waals surface area contributed by atoms with E-state index in [2.05, 4.69) is 6.58 Å². The molecule has 17 heavy (non-hydrogen) atoms. The molecule has 0 bridgehead atoms. The van der Waals surface area contributed by atoms with Crippen LogP contribution >= 0.6 is 11.6 Å². The molecule has 0 saturated carbocycles. The lowest BCUT2D eigenvalue weighted by molar-refractivity contribution is -0.125. The van der Waals surface area contributed by atoms with Gasteiger partial charge in [0.25, 0.3) is 0 Å². The van der Waals surface area contributed by atoms with Crippen LogP contribution in [0.5, 0.6) is 5.75 Å². The molecule has 1 saturated heterocycles. The molecule has 0 spiro atoms. The first kappa shape index (κ1) is 12.0. The van der Waals surface area contributed by atoms with E-state index in [1.165, 1.54) is 6.08 Å². The fourth-order valence-corrected chi connectivity index (χ4v) is 2.07. The summed E-state index contributed by atoms with van der Waals surface area (Å²) in [6.07, 6.45) is 2.21. The Hall–Kier alpha value is -1.48. The number of halogens is 1. The zero-order valence-electron chi connectivity index (χ0n) is 9.43. The van der Waals surface area contributed by atoms with Gasteiger partial charge in [0.05, 0.1) is 6.54 Å². The lowest BCUT2D eigenvalue weighted by atomic mass is 10.3. The van der Waals surface area contributed by atoms with Gasteiger partial charge in [0.2, 0.25) is 5.91 Å². The zero-order chi connectivity index (χ0) is 12.3. The Morgan fingerprint density at radius 2 is 2.41 bits per heavy atom. The number of amides is 1. The summed E-state index contributed by atoms with van der Waals surface area (Å²) in [6, 6.07) is 7.29. The number of nitrogens with zero attached hydrogens (tertiary/aromatic N) is 1. The van der Waals surface area contributed by atoms with Gasteiger partial charge in [-0.25, -0.2) is 0 Å². The van der Waals surface area contributed by atoms with Gasteiger partial charge in [0.1, 0.15) is 11.9 Å².